The van der Waals surface area contributed by atoms with Crippen molar-refractivity contribution in [2.24, 2.45) is 0 Å². The predicted octanol–water partition coefficient (Wildman–Crippen LogP) is 2.60. The third-order valence-corrected chi connectivity index (χ3v) is 5.10. The smallest absolute Gasteiger partial charge is 0.255 e. The zero-order valence-electron chi connectivity index (χ0n) is 15.0. The number of aryl methyl sites for hydroxylation is 1. The highest BCUT2D eigenvalue weighted by Crippen LogP contribution is 2.20. The van der Waals surface area contributed by atoms with Crippen molar-refractivity contribution in [3.8, 4) is 0 Å². The number of amides is 2. The van der Waals surface area contributed by atoms with Gasteiger partial charge in [-0.3, -0.25) is 14.3 Å². The van der Waals surface area contributed by atoms with Crippen LogP contribution in [-0.4, -0.2) is 34.2 Å². The molecule has 1 fully saturated rings. The molecular formula is C19H23ClN4O2. The van der Waals surface area contributed by atoms with E-state index in [4.69, 9.17) is 11.6 Å². The molecule has 0 radical (unpaired) electrons. The molecule has 1 unspecified atom stereocenters. The zero-order valence-corrected chi connectivity index (χ0v) is 15.8. The second kappa shape index (κ2) is 7.91. The van der Waals surface area contributed by atoms with Gasteiger partial charge in [0.1, 0.15) is 6.04 Å². The maximum atomic E-state index is 12.8. The van der Waals surface area contributed by atoms with Crippen molar-refractivity contribution in [2.45, 2.75) is 45.7 Å². The number of aromatic nitrogens is 2. The second-order valence-electron chi connectivity index (χ2n) is 6.61. The first-order chi connectivity index (χ1) is 12.5. The first-order valence-corrected chi connectivity index (χ1v) is 9.21. The number of nitrogens with zero attached hydrogens (tertiary/aromatic N) is 2. The van der Waals surface area contributed by atoms with Gasteiger partial charge in [-0.15, -0.1) is 0 Å². The van der Waals surface area contributed by atoms with Crippen LogP contribution < -0.4 is 10.6 Å². The van der Waals surface area contributed by atoms with Crippen molar-refractivity contribution in [1.82, 2.24) is 20.4 Å². The summed E-state index contributed by atoms with van der Waals surface area (Å²) in [6.45, 7) is 4.82. The van der Waals surface area contributed by atoms with Gasteiger partial charge in [-0.2, -0.15) is 5.10 Å². The first-order valence-electron chi connectivity index (χ1n) is 8.83. The van der Waals surface area contributed by atoms with Crippen LogP contribution in [0.25, 0.3) is 0 Å². The highest BCUT2D eigenvalue weighted by molar-refractivity contribution is 6.31. The average molecular weight is 375 g/mol. The molecule has 1 aliphatic heterocycles. The minimum absolute atomic E-state index is 0.116. The SMILES string of the molecule is Cc1nn(Cc2ccccc2Cl)c(C)c1C(=O)NC1CCCCNC1=O. The zero-order chi connectivity index (χ0) is 18.7. The summed E-state index contributed by atoms with van der Waals surface area (Å²) in [5.41, 5.74) is 2.86. The Bertz CT molecular complexity index is 831. The minimum Gasteiger partial charge on any atom is -0.354 e. The summed E-state index contributed by atoms with van der Waals surface area (Å²) in [7, 11) is 0. The maximum absolute atomic E-state index is 12.8. The van der Waals surface area contributed by atoms with Gasteiger partial charge in [-0.1, -0.05) is 29.8 Å². The number of benzene rings is 1. The van der Waals surface area contributed by atoms with Gasteiger partial charge in [-0.05, 0) is 44.7 Å². The van der Waals surface area contributed by atoms with E-state index in [1.165, 1.54) is 0 Å². The van der Waals surface area contributed by atoms with E-state index in [1.54, 1.807) is 11.6 Å². The van der Waals surface area contributed by atoms with Crippen LogP contribution in [0.15, 0.2) is 24.3 Å². The van der Waals surface area contributed by atoms with Gasteiger partial charge in [0.15, 0.2) is 0 Å². The van der Waals surface area contributed by atoms with E-state index < -0.39 is 6.04 Å². The van der Waals surface area contributed by atoms with E-state index >= 15 is 0 Å². The number of carbonyl (C=O) groups excluding carboxylic acids is 2. The number of halogens is 1. The molecule has 2 N–H and O–H groups in total. The topological polar surface area (TPSA) is 76.0 Å². The van der Waals surface area contributed by atoms with E-state index in [1.807, 2.05) is 31.2 Å². The Hall–Kier alpha value is -2.34. The molecule has 0 spiro atoms. The third-order valence-electron chi connectivity index (χ3n) is 4.73. The summed E-state index contributed by atoms with van der Waals surface area (Å²) in [6.07, 6.45) is 2.50. The number of rotatable bonds is 4. The lowest BCUT2D eigenvalue weighted by atomic mass is 10.1. The van der Waals surface area contributed by atoms with Crippen molar-refractivity contribution in [3.05, 3.63) is 51.8 Å². The molecule has 0 bridgehead atoms. The summed E-state index contributed by atoms with van der Waals surface area (Å²) < 4.78 is 1.78. The fraction of sp³-hybridized carbons (Fsp3) is 0.421. The number of hydrogen-bond acceptors (Lipinski definition) is 3. The van der Waals surface area contributed by atoms with Gasteiger partial charge in [-0.25, -0.2) is 0 Å². The van der Waals surface area contributed by atoms with Gasteiger partial charge in [0, 0.05) is 17.3 Å². The Morgan fingerprint density at radius 3 is 2.88 bits per heavy atom. The summed E-state index contributed by atoms with van der Waals surface area (Å²) in [6, 6.07) is 7.08. The Morgan fingerprint density at radius 2 is 2.12 bits per heavy atom. The van der Waals surface area contributed by atoms with E-state index in [9.17, 15) is 9.59 Å². The highest BCUT2D eigenvalue weighted by atomic mass is 35.5. The minimum atomic E-state index is -0.490. The van der Waals surface area contributed by atoms with E-state index in [2.05, 4.69) is 15.7 Å². The van der Waals surface area contributed by atoms with Crippen LogP contribution in [0.4, 0.5) is 0 Å². The van der Waals surface area contributed by atoms with Crippen LogP contribution in [0.2, 0.25) is 5.02 Å². The molecule has 7 heteroatoms. The van der Waals surface area contributed by atoms with Gasteiger partial charge < -0.3 is 10.6 Å². The molecule has 1 saturated heterocycles. The second-order valence-corrected chi connectivity index (χ2v) is 7.01. The lowest BCUT2D eigenvalue weighted by molar-refractivity contribution is -0.122. The fourth-order valence-electron chi connectivity index (χ4n) is 3.27. The lowest BCUT2D eigenvalue weighted by Gasteiger charge is -2.15. The number of hydrogen-bond donors (Lipinski definition) is 2. The van der Waals surface area contributed by atoms with Crippen molar-refractivity contribution >= 4 is 23.4 Å². The summed E-state index contributed by atoms with van der Waals surface area (Å²) in [5.74, 6) is -0.373. The largest absolute Gasteiger partial charge is 0.354 e. The Balaban J connectivity index is 1.80. The van der Waals surface area contributed by atoms with Crippen LogP contribution in [0.1, 0.15) is 46.6 Å². The van der Waals surface area contributed by atoms with Gasteiger partial charge in [0.05, 0.1) is 17.8 Å². The fourth-order valence-corrected chi connectivity index (χ4v) is 3.47. The lowest BCUT2D eigenvalue weighted by Crippen LogP contribution is -2.45. The van der Waals surface area contributed by atoms with E-state index in [0.717, 1.165) is 24.1 Å². The molecule has 3 rings (SSSR count). The average Bonchev–Trinajstić information content (AvgIpc) is 2.75. The summed E-state index contributed by atoms with van der Waals surface area (Å²) in [5, 5.41) is 10.9. The van der Waals surface area contributed by atoms with Crippen LogP contribution in [-0.2, 0) is 11.3 Å². The molecule has 2 aromatic rings. The summed E-state index contributed by atoms with van der Waals surface area (Å²) >= 11 is 6.23. The third kappa shape index (κ3) is 3.90. The monoisotopic (exact) mass is 374 g/mol. The summed E-state index contributed by atoms with van der Waals surface area (Å²) in [4.78, 5) is 24.8. The molecule has 138 valence electrons. The number of nitrogens with one attached hydrogen (secondary N) is 2. The molecule has 0 saturated carbocycles. The molecule has 2 heterocycles. The van der Waals surface area contributed by atoms with Gasteiger partial charge in [0.2, 0.25) is 5.91 Å². The van der Waals surface area contributed by atoms with Crippen LogP contribution in [0, 0.1) is 13.8 Å². The molecule has 1 aromatic carbocycles. The van der Waals surface area contributed by atoms with Crippen LogP contribution >= 0.6 is 11.6 Å². The normalized spacial score (nSPS) is 17.5. The predicted molar refractivity (Wildman–Crippen MR) is 100 cm³/mol. The molecule has 26 heavy (non-hydrogen) atoms. The van der Waals surface area contributed by atoms with Crippen molar-refractivity contribution in [1.29, 1.82) is 0 Å². The quantitative estimate of drug-likeness (QED) is 0.863. The molecule has 1 aliphatic rings. The Morgan fingerprint density at radius 1 is 1.35 bits per heavy atom. The molecule has 1 aromatic heterocycles. The maximum Gasteiger partial charge on any atom is 0.255 e. The molecule has 0 aliphatic carbocycles. The van der Waals surface area contributed by atoms with Crippen molar-refractivity contribution in [3.63, 3.8) is 0 Å². The van der Waals surface area contributed by atoms with Gasteiger partial charge >= 0.3 is 0 Å². The standard InChI is InChI=1S/C19H23ClN4O2/c1-12-17(19(26)22-16-9-5-6-10-21-18(16)25)13(2)24(23-12)11-14-7-3-4-8-15(14)20/h3-4,7-8,16H,5-6,9-11H2,1-2H3,(H,21,25)(H,22,26). The Labute approximate surface area is 157 Å². The molecule has 6 nitrogen and oxygen atoms in total. The van der Waals surface area contributed by atoms with E-state index in [0.29, 0.717) is 35.8 Å². The highest BCUT2D eigenvalue weighted by Gasteiger charge is 2.26. The molecule has 2 amide bonds. The van der Waals surface area contributed by atoms with Crippen LogP contribution in [0.3, 0.4) is 0 Å². The molecule has 1 atom stereocenters. The van der Waals surface area contributed by atoms with Gasteiger partial charge in [0.25, 0.3) is 5.91 Å². The van der Waals surface area contributed by atoms with E-state index in [-0.39, 0.29) is 11.8 Å². The first kappa shape index (κ1) is 18.5. The Kier molecular flexibility index (Phi) is 5.61. The van der Waals surface area contributed by atoms with Crippen molar-refractivity contribution in [2.75, 3.05) is 6.54 Å². The molecular weight excluding hydrogens is 352 g/mol. The van der Waals surface area contributed by atoms with Crippen LogP contribution in [0.5, 0.6) is 0 Å². The van der Waals surface area contributed by atoms with Crippen molar-refractivity contribution < 1.29 is 9.59 Å². The number of carbonyl (C=O) groups is 2.